The molecule has 4 rings (SSSR count). The molecule has 0 saturated carbocycles. The van der Waals surface area contributed by atoms with Gasteiger partial charge in [0.25, 0.3) is 0 Å². The summed E-state index contributed by atoms with van der Waals surface area (Å²) in [5.41, 5.74) is 2.69. The first-order chi connectivity index (χ1) is 14.2. The maximum atomic E-state index is 12.0. The number of carboxylic acids is 1. The van der Waals surface area contributed by atoms with Crippen molar-refractivity contribution >= 4 is 16.9 Å². The molecule has 148 valence electrons. The first-order valence-electron chi connectivity index (χ1n) is 9.83. The van der Waals surface area contributed by atoms with Gasteiger partial charge in [-0.1, -0.05) is 55.3 Å². The van der Waals surface area contributed by atoms with Crippen LogP contribution in [0.4, 0.5) is 0 Å². The number of hydrogen-bond acceptors (Lipinski definition) is 4. The van der Waals surface area contributed by atoms with Crippen molar-refractivity contribution in [3.8, 4) is 11.4 Å². The number of nitrogens with zero attached hydrogens (tertiary/aromatic N) is 4. The molecule has 4 aromatic rings. The third-order valence-corrected chi connectivity index (χ3v) is 5.29. The summed E-state index contributed by atoms with van der Waals surface area (Å²) < 4.78 is 2.26. The molecular weight excluding hydrogens is 366 g/mol. The average Bonchev–Trinajstić information content (AvgIpc) is 3.41. The van der Waals surface area contributed by atoms with Crippen LogP contribution in [0.2, 0.25) is 0 Å². The van der Waals surface area contributed by atoms with Gasteiger partial charge in [0.2, 0.25) is 5.82 Å². The normalized spacial score (nSPS) is 12.3. The van der Waals surface area contributed by atoms with E-state index in [1.54, 1.807) is 0 Å². The highest BCUT2D eigenvalue weighted by Crippen LogP contribution is 2.30. The predicted molar refractivity (Wildman–Crippen MR) is 110 cm³/mol. The number of unbranched alkanes of at least 4 members (excludes halogenated alkanes) is 2. The van der Waals surface area contributed by atoms with Crippen molar-refractivity contribution in [1.29, 1.82) is 0 Å². The number of carbonyl (C=O) groups is 1. The summed E-state index contributed by atoms with van der Waals surface area (Å²) in [6.07, 6.45) is 5.53. The SMILES string of the molecule is O=C(O)C(CCCCCn1ccc2ccccc21)c1ccccc1-c1nn[nH]n1. The molecule has 0 amide bonds. The van der Waals surface area contributed by atoms with Crippen LogP contribution < -0.4 is 0 Å². The summed E-state index contributed by atoms with van der Waals surface area (Å²) in [6, 6.07) is 17.9. The van der Waals surface area contributed by atoms with E-state index in [4.69, 9.17) is 0 Å². The summed E-state index contributed by atoms with van der Waals surface area (Å²) in [5.74, 6) is -0.985. The van der Waals surface area contributed by atoms with Crippen LogP contribution in [0, 0.1) is 0 Å². The summed E-state index contributed by atoms with van der Waals surface area (Å²) in [5, 5.41) is 25.1. The van der Waals surface area contributed by atoms with E-state index in [9.17, 15) is 9.90 Å². The number of benzene rings is 2. The molecule has 0 bridgehead atoms. The van der Waals surface area contributed by atoms with Crippen molar-refractivity contribution in [1.82, 2.24) is 25.2 Å². The molecule has 0 aliphatic heterocycles. The Kier molecular flexibility index (Phi) is 5.65. The van der Waals surface area contributed by atoms with Crippen LogP contribution in [0.25, 0.3) is 22.3 Å². The lowest BCUT2D eigenvalue weighted by Gasteiger charge is -2.15. The number of aliphatic carboxylic acids is 1. The lowest BCUT2D eigenvalue weighted by molar-refractivity contribution is -0.139. The smallest absolute Gasteiger partial charge is 0.310 e. The van der Waals surface area contributed by atoms with Gasteiger partial charge in [0.15, 0.2) is 0 Å². The average molecular weight is 389 g/mol. The number of carboxylic acid groups (broad SMARTS) is 1. The number of aromatic nitrogens is 5. The molecular formula is C22H23N5O2. The Morgan fingerprint density at radius 2 is 1.86 bits per heavy atom. The van der Waals surface area contributed by atoms with Crippen molar-refractivity contribution in [3.05, 3.63) is 66.4 Å². The minimum absolute atomic E-state index is 0.423. The van der Waals surface area contributed by atoms with Gasteiger partial charge in [-0.15, -0.1) is 10.2 Å². The van der Waals surface area contributed by atoms with Crippen LogP contribution >= 0.6 is 0 Å². The summed E-state index contributed by atoms with van der Waals surface area (Å²) in [4.78, 5) is 12.0. The summed E-state index contributed by atoms with van der Waals surface area (Å²) in [6.45, 7) is 0.935. The van der Waals surface area contributed by atoms with E-state index in [2.05, 4.69) is 55.7 Å². The van der Waals surface area contributed by atoms with Gasteiger partial charge in [0, 0.05) is 23.8 Å². The fraction of sp³-hybridized carbons (Fsp3) is 0.273. The second-order valence-electron chi connectivity index (χ2n) is 7.13. The predicted octanol–water partition coefficient (Wildman–Crippen LogP) is 4.25. The molecule has 7 nitrogen and oxygen atoms in total. The number of nitrogens with one attached hydrogen (secondary N) is 1. The Bertz CT molecular complexity index is 1090. The number of para-hydroxylation sites is 1. The molecule has 0 fully saturated rings. The Balaban J connectivity index is 1.37. The molecule has 0 radical (unpaired) electrons. The molecule has 0 aliphatic rings. The number of rotatable bonds is 9. The van der Waals surface area contributed by atoms with Gasteiger partial charge in [-0.3, -0.25) is 4.79 Å². The number of aryl methyl sites for hydroxylation is 1. The van der Waals surface area contributed by atoms with Crippen LogP contribution in [-0.4, -0.2) is 36.3 Å². The summed E-state index contributed by atoms with van der Waals surface area (Å²) in [7, 11) is 0. The van der Waals surface area contributed by atoms with E-state index < -0.39 is 11.9 Å². The van der Waals surface area contributed by atoms with Crippen LogP contribution in [0.15, 0.2) is 60.8 Å². The number of hydrogen-bond donors (Lipinski definition) is 2. The second kappa shape index (κ2) is 8.68. The van der Waals surface area contributed by atoms with Gasteiger partial charge in [-0.05, 0) is 41.1 Å². The molecule has 0 spiro atoms. The highest BCUT2D eigenvalue weighted by atomic mass is 16.4. The number of tetrazole rings is 1. The number of aromatic amines is 1. The standard InChI is InChI=1S/C22H23N5O2/c28-22(29)19(17-9-4-5-10-18(17)21-23-25-26-24-21)11-2-1-7-14-27-15-13-16-8-3-6-12-20(16)27/h3-6,8-10,12-13,15,19H,1-2,7,11,14H2,(H,28,29)(H,23,24,25,26). The third-order valence-electron chi connectivity index (χ3n) is 5.29. The van der Waals surface area contributed by atoms with Gasteiger partial charge < -0.3 is 9.67 Å². The fourth-order valence-corrected chi connectivity index (χ4v) is 3.84. The second-order valence-corrected chi connectivity index (χ2v) is 7.13. The summed E-state index contributed by atoms with van der Waals surface area (Å²) >= 11 is 0. The van der Waals surface area contributed by atoms with E-state index in [1.165, 1.54) is 10.9 Å². The Labute approximate surface area is 168 Å². The van der Waals surface area contributed by atoms with Gasteiger partial charge >= 0.3 is 5.97 Å². The van der Waals surface area contributed by atoms with Gasteiger partial charge in [-0.2, -0.15) is 5.21 Å². The maximum absolute atomic E-state index is 12.0. The molecule has 2 aromatic heterocycles. The zero-order chi connectivity index (χ0) is 20.1. The monoisotopic (exact) mass is 389 g/mol. The molecule has 0 saturated heterocycles. The van der Waals surface area contributed by atoms with Crippen LogP contribution in [-0.2, 0) is 11.3 Å². The van der Waals surface area contributed by atoms with Crippen molar-refractivity contribution < 1.29 is 9.90 Å². The molecule has 2 aromatic carbocycles. The Morgan fingerprint density at radius 1 is 1.03 bits per heavy atom. The quantitative estimate of drug-likeness (QED) is 0.417. The van der Waals surface area contributed by atoms with Gasteiger partial charge in [-0.25, -0.2) is 0 Å². The van der Waals surface area contributed by atoms with E-state index >= 15 is 0 Å². The van der Waals surface area contributed by atoms with E-state index in [0.717, 1.165) is 31.4 Å². The Morgan fingerprint density at radius 3 is 2.69 bits per heavy atom. The maximum Gasteiger partial charge on any atom is 0.310 e. The number of H-pyrrole nitrogens is 1. The van der Waals surface area contributed by atoms with E-state index in [1.807, 2.05) is 30.3 Å². The van der Waals surface area contributed by atoms with Crippen molar-refractivity contribution in [2.45, 2.75) is 38.1 Å². The van der Waals surface area contributed by atoms with E-state index in [-0.39, 0.29) is 0 Å². The van der Waals surface area contributed by atoms with E-state index in [0.29, 0.717) is 17.8 Å². The Hall–Kier alpha value is -3.48. The zero-order valence-electron chi connectivity index (χ0n) is 16.0. The third kappa shape index (κ3) is 4.18. The molecule has 29 heavy (non-hydrogen) atoms. The first-order valence-corrected chi connectivity index (χ1v) is 9.83. The highest BCUT2D eigenvalue weighted by molar-refractivity contribution is 5.80. The van der Waals surface area contributed by atoms with Crippen LogP contribution in [0.1, 0.15) is 37.2 Å². The topological polar surface area (TPSA) is 96.7 Å². The largest absolute Gasteiger partial charge is 0.481 e. The lowest BCUT2D eigenvalue weighted by Crippen LogP contribution is -2.13. The molecule has 1 unspecified atom stereocenters. The fourth-order valence-electron chi connectivity index (χ4n) is 3.84. The molecule has 7 heteroatoms. The highest BCUT2D eigenvalue weighted by Gasteiger charge is 2.23. The van der Waals surface area contributed by atoms with Crippen LogP contribution in [0.5, 0.6) is 0 Å². The van der Waals surface area contributed by atoms with Crippen molar-refractivity contribution in [2.24, 2.45) is 0 Å². The van der Waals surface area contributed by atoms with Crippen molar-refractivity contribution in [3.63, 3.8) is 0 Å². The molecule has 2 N–H and O–H groups in total. The van der Waals surface area contributed by atoms with Crippen molar-refractivity contribution in [2.75, 3.05) is 0 Å². The minimum Gasteiger partial charge on any atom is -0.481 e. The molecule has 2 heterocycles. The zero-order valence-corrected chi connectivity index (χ0v) is 16.0. The minimum atomic E-state index is -0.822. The number of fused-ring (bicyclic) bond motifs is 1. The van der Waals surface area contributed by atoms with Gasteiger partial charge in [0.05, 0.1) is 5.92 Å². The molecule has 1 atom stereocenters. The first kappa shape index (κ1) is 18.9. The molecule has 0 aliphatic carbocycles. The lowest BCUT2D eigenvalue weighted by atomic mass is 9.89. The van der Waals surface area contributed by atoms with Gasteiger partial charge in [0.1, 0.15) is 0 Å². The van der Waals surface area contributed by atoms with Crippen LogP contribution in [0.3, 0.4) is 0 Å².